The Labute approximate surface area is 108 Å². The van der Waals surface area contributed by atoms with Crippen LogP contribution in [-0.2, 0) is 11.4 Å². The van der Waals surface area contributed by atoms with Crippen molar-refractivity contribution in [2.75, 3.05) is 0 Å². The Hall–Kier alpha value is -1.82. The fourth-order valence-corrected chi connectivity index (χ4v) is 2.18. The zero-order valence-corrected chi connectivity index (χ0v) is 10.4. The fraction of sp³-hybridized carbons (Fsp3) is 0.467. The summed E-state index contributed by atoms with van der Waals surface area (Å²) in [5, 5.41) is 12.7. The molecule has 0 aliphatic heterocycles. The Balaban J connectivity index is 1.77. The first kappa shape index (κ1) is 12.6. The van der Waals surface area contributed by atoms with Gasteiger partial charge in [-0.05, 0) is 30.5 Å². The molecule has 1 radical (unpaired) electrons. The standard InChI is InChI=1S/C15H17N2O/c16-10-14-7-4-8-15(9-14)12-18-17-11-13-5-2-1-3-6-13/h4,7-9,13H,1-3,5-6,12H2. The van der Waals surface area contributed by atoms with E-state index in [2.05, 4.69) is 17.4 Å². The summed E-state index contributed by atoms with van der Waals surface area (Å²) in [4.78, 5) is 5.23. The van der Waals surface area contributed by atoms with Crippen molar-refractivity contribution in [3.05, 3.63) is 35.4 Å². The van der Waals surface area contributed by atoms with E-state index >= 15 is 0 Å². The van der Waals surface area contributed by atoms with Crippen molar-refractivity contribution in [2.45, 2.75) is 38.7 Å². The van der Waals surface area contributed by atoms with Crippen molar-refractivity contribution >= 4 is 6.21 Å². The van der Waals surface area contributed by atoms with E-state index in [1.54, 1.807) is 6.07 Å². The predicted molar refractivity (Wildman–Crippen MR) is 70.0 cm³/mol. The minimum atomic E-state index is 0.398. The molecule has 1 saturated carbocycles. The highest BCUT2D eigenvalue weighted by Crippen LogP contribution is 2.21. The molecule has 1 aliphatic carbocycles. The van der Waals surface area contributed by atoms with E-state index in [0.717, 1.165) is 5.56 Å². The molecule has 0 spiro atoms. The molecule has 1 fully saturated rings. The number of hydrogen-bond donors (Lipinski definition) is 0. The van der Waals surface area contributed by atoms with Crippen molar-refractivity contribution in [1.29, 1.82) is 5.26 Å². The lowest BCUT2D eigenvalue weighted by molar-refractivity contribution is 0.130. The third-order valence-corrected chi connectivity index (χ3v) is 3.19. The van der Waals surface area contributed by atoms with Crippen LogP contribution in [0.3, 0.4) is 0 Å². The van der Waals surface area contributed by atoms with Gasteiger partial charge in [0.05, 0.1) is 11.6 Å². The van der Waals surface area contributed by atoms with Gasteiger partial charge in [0.1, 0.15) is 12.8 Å². The van der Waals surface area contributed by atoms with Crippen molar-refractivity contribution in [2.24, 2.45) is 11.1 Å². The third-order valence-electron chi connectivity index (χ3n) is 3.19. The summed E-state index contributed by atoms with van der Waals surface area (Å²) in [6.45, 7) is 0.398. The van der Waals surface area contributed by atoms with E-state index < -0.39 is 0 Å². The minimum absolute atomic E-state index is 0.398. The Bertz CT molecular complexity index is 442. The maximum atomic E-state index is 8.78. The third kappa shape index (κ3) is 3.89. The topological polar surface area (TPSA) is 45.4 Å². The van der Waals surface area contributed by atoms with Gasteiger partial charge in [-0.1, -0.05) is 36.6 Å². The minimum Gasteiger partial charge on any atom is -0.391 e. The highest BCUT2D eigenvalue weighted by atomic mass is 16.6. The van der Waals surface area contributed by atoms with Gasteiger partial charge in [0, 0.05) is 5.92 Å². The molecular weight excluding hydrogens is 224 g/mol. The largest absolute Gasteiger partial charge is 0.391 e. The second kappa shape index (κ2) is 6.80. The molecule has 1 aromatic rings. The van der Waals surface area contributed by atoms with Crippen LogP contribution in [0.15, 0.2) is 29.4 Å². The maximum Gasteiger partial charge on any atom is 0.142 e. The molecular formula is C15H17N2O. The van der Waals surface area contributed by atoms with E-state index in [1.165, 1.54) is 32.1 Å². The second-order valence-electron chi connectivity index (χ2n) is 4.64. The molecule has 18 heavy (non-hydrogen) atoms. The highest BCUT2D eigenvalue weighted by Gasteiger charge is 2.11. The molecule has 0 aromatic heterocycles. The lowest BCUT2D eigenvalue weighted by atomic mass is 9.90. The molecule has 93 valence electrons. The van der Waals surface area contributed by atoms with Crippen LogP contribution in [0.5, 0.6) is 0 Å². The van der Waals surface area contributed by atoms with E-state index in [-0.39, 0.29) is 0 Å². The first-order chi connectivity index (χ1) is 8.88. The summed E-state index contributed by atoms with van der Waals surface area (Å²) >= 11 is 0. The average molecular weight is 241 g/mol. The summed E-state index contributed by atoms with van der Waals surface area (Å²) < 4.78 is 0. The first-order valence-corrected chi connectivity index (χ1v) is 6.45. The van der Waals surface area contributed by atoms with Gasteiger partial charge in [-0.2, -0.15) is 5.26 Å². The van der Waals surface area contributed by atoms with Gasteiger partial charge in [0.15, 0.2) is 0 Å². The molecule has 0 amide bonds. The summed E-state index contributed by atoms with van der Waals surface area (Å²) in [6.07, 6.45) is 9.30. The highest BCUT2D eigenvalue weighted by molar-refractivity contribution is 5.59. The van der Waals surface area contributed by atoms with Gasteiger partial charge in [0.25, 0.3) is 0 Å². The molecule has 2 rings (SSSR count). The van der Waals surface area contributed by atoms with Crippen molar-refractivity contribution < 1.29 is 4.84 Å². The molecule has 0 heterocycles. The molecule has 3 heteroatoms. The molecule has 0 saturated heterocycles. The quantitative estimate of drug-likeness (QED) is 0.598. The normalized spacial score (nSPS) is 16.6. The number of nitrogens with zero attached hydrogens (tertiary/aromatic N) is 2. The van der Waals surface area contributed by atoms with E-state index in [0.29, 0.717) is 18.1 Å². The van der Waals surface area contributed by atoms with E-state index in [1.807, 2.05) is 18.2 Å². The summed E-state index contributed by atoms with van der Waals surface area (Å²) in [5.41, 5.74) is 1.61. The second-order valence-corrected chi connectivity index (χ2v) is 4.64. The molecule has 1 aliphatic rings. The van der Waals surface area contributed by atoms with Crippen LogP contribution in [0.4, 0.5) is 0 Å². The Kier molecular flexibility index (Phi) is 4.78. The Morgan fingerprint density at radius 3 is 2.89 bits per heavy atom. The molecule has 0 unspecified atom stereocenters. The molecule has 3 nitrogen and oxygen atoms in total. The summed E-state index contributed by atoms with van der Waals surface area (Å²) in [6, 6.07) is 9.48. The molecule has 0 bridgehead atoms. The van der Waals surface area contributed by atoms with Gasteiger partial charge in [-0.15, -0.1) is 0 Å². The first-order valence-electron chi connectivity index (χ1n) is 6.45. The van der Waals surface area contributed by atoms with Crippen LogP contribution in [-0.4, -0.2) is 6.21 Å². The summed E-state index contributed by atoms with van der Waals surface area (Å²) in [5.74, 6) is 0.462. The van der Waals surface area contributed by atoms with Gasteiger partial charge in [0.2, 0.25) is 0 Å². The lowest BCUT2D eigenvalue weighted by Gasteiger charge is -2.15. The van der Waals surface area contributed by atoms with Crippen LogP contribution in [0, 0.1) is 17.2 Å². The van der Waals surface area contributed by atoms with Crippen LogP contribution in [0.1, 0.15) is 43.2 Å². The van der Waals surface area contributed by atoms with Crippen LogP contribution in [0.25, 0.3) is 0 Å². The zero-order valence-electron chi connectivity index (χ0n) is 10.4. The Morgan fingerprint density at radius 2 is 2.11 bits per heavy atom. The van der Waals surface area contributed by atoms with Gasteiger partial charge in [-0.25, -0.2) is 0 Å². The monoisotopic (exact) mass is 241 g/mol. The van der Waals surface area contributed by atoms with Crippen LogP contribution < -0.4 is 0 Å². The predicted octanol–water partition coefficient (Wildman–Crippen LogP) is 3.52. The van der Waals surface area contributed by atoms with Gasteiger partial charge in [-0.3, -0.25) is 0 Å². The fourth-order valence-electron chi connectivity index (χ4n) is 2.18. The van der Waals surface area contributed by atoms with Crippen LogP contribution in [0.2, 0.25) is 0 Å². The maximum absolute atomic E-state index is 8.78. The van der Waals surface area contributed by atoms with Gasteiger partial charge < -0.3 is 4.84 Å². The van der Waals surface area contributed by atoms with Crippen molar-refractivity contribution in [1.82, 2.24) is 0 Å². The average Bonchev–Trinajstić information content (AvgIpc) is 2.45. The van der Waals surface area contributed by atoms with E-state index in [9.17, 15) is 0 Å². The Morgan fingerprint density at radius 1 is 1.28 bits per heavy atom. The van der Waals surface area contributed by atoms with Crippen molar-refractivity contribution in [3.63, 3.8) is 0 Å². The lowest BCUT2D eigenvalue weighted by Crippen LogP contribution is -2.07. The van der Waals surface area contributed by atoms with Gasteiger partial charge >= 0.3 is 0 Å². The molecule has 0 N–H and O–H groups in total. The van der Waals surface area contributed by atoms with E-state index in [4.69, 9.17) is 10.1 Å². The number of rotatable bonds is 4. The number of hydrogen-bond acceptors (Lipinski definition) is 3. The summed E-state index contributed by atoms with van der Waals surface area (Å²) in [7, 11) is 0. The van der Waals surface area contributed by atoms with Crippen LogP contribution >= 0.6 is 0 Å². The molecule has 0 atom stereocenters. The SMILES string of the molecule is N#Cc1cccc(CO/N=[C]\C2CCCCC2)c1. The number of benzene rings is 1. The van der Waals surface area contributed by atoms with Crippen molar-refractivity contribution in [3.8, 4) is 6.07 Å². The molecule has 1 aromatic carbocycles. The number of nitriles is 1. The smallest absolute Gasteiger partial charge is 0.142 e. The zero-order chi connectivity index (χ0) is 12.6.